The summed E-state index contributed by atoms with van der Waals surface area (Å²) in [5.74, 6) is -0.214. The van der Waals surface area contributed by atoms with Gasteiger partial charge in [-0.15, -0.1) is 0 Å². The third-order valence-corrected chi connectivity index (χ3v) is 2.98. The van der Waals surface area contributed by atoms with Crippen LogP contribution < -0.4 is 11.1 Å². The third-order valence-electron chi connectivity index (χ3n) is 2.01. The molecule has 0 saturated carbocycles. The number of nitrogens with two attached hydrogens (primary N) is 1. The Kier molecular flexibility index (Phi) is 4.42. The Morgan fingerprint density at radius 3 is 3.07 bits per heavy atom. The number of nitrogens with one attached hydrogen (secondary N) is 1. The number of carbonyl (C=O) groups excluding carboxylic acids is 1. The second kappa shape index (κ2) is 5.60. The Hall–Kier alpha value is -1.23. The zero-order chi connectivity index (χ0) is 11.3. The van der Waals surface area contributed by atoms with Gasteiger partial charge >= 0.3 is 0 Å². The minimum absolute atomic E-state index is 0.214. The Morgan fingerprint density at radius 2 is 2.47 bits per heavy atom. The number of aromatic nitrogens is 1. The standard InChI is InChI=1S/C10H15N3OS/c1-7(15-2)6-13-10(14)9-8(11)4-3-5-12-9/h3-5,7H,6,11H2,1-2H3,(H,13,14). The summed E-state index contributed by atoms with van der Waals surface area (Å²) >= 11 is 1.70. The number of amides is 1. The van der Waals surface area contributed by atoms with E-state index in [1.165, 1.54) is 0 Å². The fraction of sp³-hybridized carbons (Fsp3) is 0.400. The number of carbonyl (C=O) groups is 1. The maximum atomic E-state index is 11.6. The van der Waals surface area contributed by atoms with Gasteiger partial charge in [-0.25, -0.2) is 4.98 Å². The SMILES string of the molecule is CSC(C)CNC(=O)c1ncccc1N. The van der Waals surface area contributed by atoms with Crippen LogP contribution in [0.2, 0.25) is 0 Å². The molecule has 0 aromatic carbocycles. The lowest BCUT2D eigenvalue weighted by molar-refractivity contribution is 0.0950. The van der Waals surface area contributed by atoms with E-state index in [0.717, 1.165) is 0 Å². The van der Waals surface area contributed by atoms with Crippen molar-refractivity contribution in [1.82, 2.24) is 10.3 Å². The van der Waals surface area contributed by atoms with Crippen molar-refractivity contribution in [3.63, 3.8) is 0 Å². The molecule has 82 valence electrons. The van der Waals surface area contributed by atoms with Crippen LogP contribution in [0, 0.1) is 0 Å². The number of nitrogen functional groups attached to an aromatic ring is 1. The number of pyridine rings is 1. The Morgan fingerprint density at radius 1 is 1.73 bits per heavy atom. The van der Waals surface area contributed by atoms with Gasteiger partial charge in [0.05, 0.1) is 5.69 Å². The molecule has 3 N–H and O–H groups in total. The predicted octanol–water partition coefficient (Wildman–Crippen LogP) is 1.15. The van der Waals surface area contributed by atoms with E-state index in [9.17, 15) is 4.79 Å². The van der Waals surface area contributed by atoms with Crippen LogP contribution in [-0.4, -0.2) is 28.9 Å². The van der Waals surface area contributed by atoms with Crippen LogP contribution in [0.5, 0.6) is 0 Å². The van der Waals surface area contributed by atoms with Gasteiger partial charge in [0, 0.05) is 18.0 Å². The lowest BCUT2D eigenvalue weighted by Gasteiger charge is -2.10. The summed E-state index contributed by atoms with van der Waals surface area (Å²) in [6, 6.07) is 3.37. The molecule has 0 aliphatic carbocycles. The van der Waals surface area contributed by atoms with Crippen molar-refractivity contribution < 1.29 is 4.79 Å². The minimum atomic E-state index is -0.214. The summed E-state index contributed by atoms with van der Waals surface area (Å²) in [7, 11) is 0. The molecular weight excluding hydrogens is 210 g/mol. The largest absolute Gasteiger partial charge is 0.397 e. The summed E-state index contributed by atoms with van der Waals surface area (Å²) in [5, 5.41) is 3.18. The normalized spacial score (nSPS) is 12.1. The monoisotopic (exact) mass is 225 g/mol. The van der Waals surface area contributed by atoms with E-state index >= 15 is 0 Å². The van der Waals surface area contributed by atoms with Gasteiger partial charge in [-0.3, -0.25) is 4.79 Å². The Labute approximate surface area is 93.7 Å². The summed E-state index contributed by atoms with van der Waals surface area (Å²) in [5.41, 5.74) is 6.34. The van der Waals surface area contributed by atoms with Crippen LogP contribution in [0.4, 0.5) is 5.69 Å². The third kappa shape index (κ3) is 3.43. The average molecular weight is 225 g/mol. The summed E-state index contributed by atoms with van der Waals surface area (Å²) < 4.78 is 0. The highest BCUT2D eigenvalue weighted by Gasteiger charge is 2.10. The van der Waals surface area contributed by atoms with E-state index in [2.05, 4.69) is 10.3 Å². The molecular formula is C10H15N3OS. The number of nitrogens with zero attached hydrogens (tertiary/aromatic N) is 1. The van der Waals surface area contributed by atoms with E-state index in [0.29, 0.717) is 23.2 Å². The van der Waals surface area contributed by atoms with E-state index in [1.54, 1.807) is 30.1 Å². The zero-order valence-corrected chi connectivity index (χ0v) is 9.67. The molecule has 4 nitrogen and oxygen atoms in total. The van der Waals surface area contributed by atoms with Gasteiger partial charge in [0.2, 0.25) is 0 Å². The molecule has 0 aliphatic rings. The van der Waals surface area contributed by atoms with E-state index in [-0.39, 0.29) is 5.91 Å². The van der Waals surface area contributed by atoms with Crippen LogP contribution in [0.1, 0.15) is 17.4 Å². The van der Waals surface area contributed by atoms with E-state index < -0.39 is 0 Å². The molecule has 1 aromatic heterocycles. The zero-order valence-electron chi connectivity index (χ0n) is 8.86. The van der Waals surface area contributed by atoms with E-state index in [4.69, 9.17) is 5.73 Å². The Bertz CT molecular complexity index is 343. The molecule has 1 amide bonds. The average Bonchev–Trinajstić information content (AvgIpc) is 2.26. The fourth-order valence-corrected chi connectivity index (χ4v) is 1.26. The van der Waals surface area contributed by atoms with Crippen molar-refractivity contribution >= 4 is 23.4 Å². The Balaban J connectivity index is 2.58. The first-order valence-corrected chi connectivity index (χ1v) is 5.95. The molecule has 1 heterocycles. The molecule has 1 unspecified atom stereocenters. The van der Waals surface area contributed by atoms with Gasteiger partial charge in [-0.2, -0.15) is 11.8 Å². The van der Waals surface area contributed by atoms with Gasteiger partial charge < -0.3 is 11.1 Å². The molecule has 0 fully saturated rings. The first-order valence-electron chi connectivity index (χ1n) is 4.66. The van der Waals surface area contributed by atoms with Gasteiger partial charge in [0.1, 0.15) is 0 Å². The number of hydrogen-bond acceptors (Lipinski definition) is 4. The number of anilines is 1. The van der Waals surface area contributed by atoms with Crippen molar-refractivity contribution in [2.45, 2.75) is 12.2 Å². The molecule has 0 saturated heterocycles. The van der Waals surface area contributed by atoms with Gasteiger partial charge in [-0.05, 0) is 18.4 Å². The molecule has 15 heavy (non-hydrogen) atoms. The smallest absolute Gasteiger partial charge is 0.272 e. The van der Waals surface area contributed by atoms with Crippen molar-refractivity contribution in [2.24, 2.45) is 0 Å². The number of hydrogen-bond donors (Lipinski definition) is 2. The van der Waals surface area contributed by atoms with E-state index in [1.807, 2.05) is 13.2 Å². The van der Waals surface area contributed by atoms with Gasteiger partial charge in [0.25, 0.3) is 5.91 Å². The summed E-state index contributed by atoms with van der Waals surface area (Å²) in [6.45, 7) is 2.67. The lowest BCUT2D eigenvalue weighted by Crippen LogP contribution is -2.30. The highest BCUT2D eigenvalue weighted by molar-refractivity contribution is 7.99. The van der Waals surface area contributed by atoms with Crippen molar-refractivity contribution in [3.05, 3.63) is 24.0 Å². The lowest BCUT2D eigenvalue weighted by atomic mass is 10.3. The molecule has 1 atom stereocenters. The van der Waals surface area contributed by atoms with Crippen LogP contribution >= 0.6 is 11.8 Å². The maximum absolute atomic E-state index is 11.6. The second-order valence-corrected chi connectivity index (χ2v) is 4.47. The van der Waals surface area contributed by atoms with Crippen molar-refractivity contribution in [1.29, 1.82) is 0 Å². The van der Waals surface area contributed by atoms with Gasteiger partial charge in [0.15, 0.2) is 5.69 Å². The molecule has 0 aliphatic heterocycles. The predicted molar refractivity (Wildman–Crippen MR) is 64.0 cm³/mol. The molecule has 0 spiro atoms. The minimum Gasteiger partial charge on any atom is -0.397 e. The number of thioether (sulfide) groups is 1. The van der Waals surface area contributed by atoms with Crippen LogP contribution in [-0.2, 0) is 0 Å². The molecule has 1 rings (SSSR count). The van der Waals surface area contributed by atoms with Crippen LogP contribution in [0.25, 0.3) is 0 Å². The first kappa shape index (κ1) is 11.8. The number of rotatable bonds is 4. The quantitative estimate of drug-likeness (QED) is 0.806. The van der Waals surface area contributed by atoms with Crippen LogP contribution in [0.15, 0.2) is 18.3 Å². The highest BCUT2D eigenvalue weighted by atomic mass is 32.2. The molecule has 0 radical (unpaired) electrons. The topological polar surface area (TPSA) is 68.0 Å². The maximum Gasteiger partial charge on any atom is 0.272 e. The van der Waals surface area contributed by atoms with Crippen molar-refractivity contribution in [3.8, 4) is 0 Å². The first-order chi connectivity index (χ1) is 7.15. The summed E-state index contributed by atoms with van der Waals surface area (Å²) in [6.07, 6.45) is 3.56. The molecule has 1 aromatic rings. The highest BCUT2D eigenvalue weighted by Crippen LogP contribution is 2.07. The van der Waals surface area contributed by atoms with Crippen LogP contribution in [0.3, 0.4) is 0 Å². The van der Waals surface area contributed by atoms with Gasteiger partial charge in [-0.1, -0.05) is 6.92 Å². The summed E-state index contributed by atoms with van der Waals surface area (Å²) in [4.78, 5) is 15.6. The fourth-order valence-electron chi connectivity index (χ4n) is 1.01. The molecule has 0 bridgehead atoms. The second-order valence-electron chi connectivity index (χ2n) is 3.20. The van der Waals surface area contributed by atoms with Crippen molar-refractivity contribution in [2.75, 3.05) is 18.5 Å². The molecule has 5 heteroatoms.